The molecule has 1 unspecified atom stereocenters. The van der Waals surface area contributed by atoms with Crippen LogP contribution in [-0.2, 0) is 0 Å². The number of ether oxygens (including phenoxy) is 1. The van der Waals surface area contributed by atoms with Crippen molar-refractivity contribution < 1.29 is 9.66 Å². The number of anilines is 1. The van der Waals surface area contributed by atoms with Crippen molar-refractivity contribution in [2.75, 3.05) is 32.1 Å². The summed E-state index contributed by atoms with van der Waals surface area (Å²) in [5.41, 5.74) is 0.00208. The van der Waals surface area contributed by atoms with E-state index in [1.54, 1.807) is 0 Å². The maximum Gasteiger partial charge on any atom is 0.311 e. The van der Waals surface area contributed by atoms with Crippen LogP contribution >= 0.6 is 0 Å². The number of piperidine rings is 3. The lowest BCUT2D eigenvalue weighted by atomic mass is 9.84. The fourth-order valence-corrected chi connectivity index (χ4v) is 3.11. The van der Waals surface area contributed by atoms with Gasteiger partial charge in [-0.3, -0.25) is 10.1 Å². The third-order valence-electron chi connectivity index (χ3n) is 4.23. The van der Waals surface area contributed by atoms with Gasteiger partial charge in [0, 0.05) is 24.7 Å². The molecule has 3 aliphatic heterocycles. The SMILES string of the molecule is COc1ccc([N+](=O)[O-])c(NC2CN3CCC2CC3)n1. The molecule has 3 fully saturated rings. The molecule has 7 heteroatoms. The fraction of sp³-hybridized carbons (Fsp3) is 0.615. The molecule has 3 aliphatic rings. The van der Waals surface area contributed by atoms with Crippen molar-refractivity contribution in [1.82, 2.24) is 9.88 Å². The average Bonchev–Trinajstić information content (AvgIpc) is 2.48. The lowest BCUT2D eigenvalue weighted by molar-refractivity contribution is -0.384. The van der Waals surface area contributed by atoms with E-state index in [-0.39, 0.29) is 11.7 Å². The van der Waals surface area contributed by atoms with E-state index in [0.717, 1.165) is 32.5 Å². The van der Waals surface area contributed by atoms with Gasteiger partial charge in [0.25, 0.3) is 0 Å². The molecule has 0 amide bonds. The topological polar surface area (TPSA) is 80.5 Å². The lowest BCUT2D eigenvalue weighted by Crippen LogP contribution is -2.53. The van der Waals surface area contributed by atoms with Crippen LogP contribution in [-0.4, -0.2) is 47.6 Å². The van der Waals surface area contributed by atoms with E-state index >= 15 is 0 Å². The standard InChI is InChI=1S/C13H18N4O3/c1-20-12-3-2-11(17(18)19)13(15-12)14-10-8-16-6-4-9(10)5-7-16/h2-3,9-10H,4-8H2,1H3,(H,14,15). The molecule has 1 aromatic heterocycles. The molecule has 3 saturated heterocycles. The van der Waals surface area contributed by atoms with Gasteiger partial charge < -0.3 is 15.0 Å². The number of pyridine rings is 1. The summed E-state index contributed by atoms with van der Waals surface area (Å²) in [5.74, 6) is 1.28. The summed E-state index contributed by atoms with van der Waals surface area (Å²) in [5, 5.41) is 14.4. The number of hydrogen-bond donors (Lipinski definition) is 1. The zero-order valence-corrected chi connectivity index (χ0v) is 11.4. The second kappa shape index (κ2) is 5.24. The molecule has 0 aliphatic carbocycles. The molecule has 1 atom stereocenters. The molecule has 7 nitrogen and oxygen atoms in total. The van der Waals surface area contributed by atoms with E-state index in [4.69, 9.17) is 4.74 Å². The first-order valence-corrected chi connectivity index (χ1v) is 6.85. The van der Waals surface area contributed by atoms with Crippen molar-refractivity contribution in [1.29, 1.82) is 0 Å². The molecule has 2 bridgehead atoms. The largest absolute Gasteiger partial charge is 0.481 e. The van der Waals surface area contributed by atoms with Gasteiger partial charge in [0.1, 0.15) is 0 Å². The number of nitro groups is 1. The molecule has 20 heavy (non-hydrogen) atoms. The molecular formula is C13H18N4O3. The highest BCUT2D eigenvalue weighted by molar-refractivity contribution is 5.57. The third kappa shape index (κ3) is 2.40. The highest BCUT2D eigenvalue weighted by Gasteiger charge is 2.35. The molecule has 4 rings (SSSR count). The summed E-state index contributed by atoms with van der Waals surface area (Å²) < 4.78 is 5.06. The van der Waals surface area contributed by atoms with Gasteiger partial charge in [-0.25, -0.2) is 0 Å². The zero-order chi connectivity index (χ0) is 14.1. The van der Waals surface area contributed by atoms with E-state index in [0.29, 0.717) is 17.6 Å². The van der Waals surface area contributed by atoms with Gasteiger partial charge in [0.2, 0.25) is 11.7 Å². The van der Waals surface area contributed by atoms with Crippen molar-refractivity contribution in [2.24, 2.45) is 5.92 Å². The molecule has 4 heterocycles. The number of rotatable bonds is 4. The highest BCUT2D eigenvalue weighted by Crippen LogP contribution is 2.32. The van der Waals surface area contributed by atoms with Gasteiger partial charge in [0.15, 0.2) is 0 Å². The Bertz CT molecular complexity index is 514. The van der Waals surface area contributed by atoms with Crippen molar-refractivity contribution in [3.05, 3.63) is 22.2 Å². The maximum absolute atomic E-state index is 11.1. The summed E-state index contributed by atoms with van der Waals surface area (Å²) in [6, 6.07) is 3.19. The molecular weight excluding hydrogens is 260 g/mol. The molecule has 1 N–H and O–H groups in total. The normalized spacial score (nSPS) is 28.1. The van der Waals surface area contributed by atoms with Crippen LogP contribution < -0.4 is 10.1 Å². The van der Waals surface area contributed by atoms with Gasteiger partial charge in [-0.15, -0.1) is 0 Å². The Hall–Kier alpha value is -1.89. The Morgan fingerprint density at radius 1 is 1.45 bits per heavy atom. The highest BCUT2D eigenvalue weighted by atomic mass is 16.6. The number of nitrogens with one attached hydrogen (secondary N) is 1. The number of hydrogen-bond acceptors (Lipinski definition) is 6. The Balaban J connectivity index is 1.83. The Labute approximate surface area is 117 Å². The summed E-state index contributed by atoms with van der Waals surface area (Å²) >= 11 is 0. The van der Waals surface area contributed by atoms with Gasteiger partial charge in [-0.1, -0.05) is 0 Å². The second-order valence-electron chi connectivity index (χ2n) is 5.37. The number of methoxy groups -OCH3 is 1. The van der Waals surface area contributed by atoms with E-state index in [1.807, 2.05) is 0 Å². The molecule has 0 radical (unpaired) electrons. The van der Waals surface area contributed by atoms with Gasteiger partial charge in [-0.05, 0) is 31.8 Å². The van der Waals surface area contributed by atoms with Crippen LogP contribution in [0.3, 0.4) is 0 Å². The van der Waals surface area contributed by atoms with Crippen LogP contribution in [0.4, 0.5) is 11.5 Å². The first-order chi connectivity index (χ1) is 9.67. The van der Waals surface area contributed by atoms with Crippen LogP contribution in [0.15, 0.2) is 12.1 Å². The quantitative estimate of drug-likeness (QED) is 0.664. The predicted octanol–water partition coefficient (Wildman–Crippen LogP) is 1.50. The number of aromatic nitrogens is 1. The summed E-state index contributed by atoms with van der Waals surface area (Å²) in [6.45, 7) is 3.20. The predicted molar refractivity (Wildman–Crippen MR) is 74.0 cm³/mol. The van der Waals surface area contributed by atoms with Gasteiger partial charge >= 0.3 is 5.69 Å². The maximum atomic E-state index is 11.1. The minimum absolute atomic E-state index is 0.00208. The summed E-state index contributed by atoms with van der Waals surface area (Å²) in [4.78, 5) is 17.3. The van der Waals surface area contributed by atoms with Crippen molar-refractivity contribution in [2.45, 2.75) is 18.9 Å². The van der Waals surface area contributed by atoms with Gasteiger partial charge in [0.05, 0.1) is 12.0 Å². The Morgan fingerprint density at radius 3 is 2.75 bits per heavy atom. The lowest BCUT2D eigenvalue weighted by Gasteiger charge is -2.45. The second-order valence-corrected chi connectivity index (χ2v) is 5.37. The smallest absolute Gasteiger partial charge is 0.311 e. The van der Waals surface area contributed by atoms with Crippen molar-refractivity contribution in [3.63, 3.8) is 0 Å². The minimum atomic E-state index is -0.407. The number of fused-ring (bicyclic) bond motifs is 3. The molecule has 0 aromatic carbocycles. The van der Waals surface area contributed by atoms with Crippen LogP contribution in [0.1, 0.15) is 12.8 Å². The Morgan fingerprint density at radius 2 is 2.20 bits per heavy atom. The van der Waals surface area contributed by atoms with Crippen LogP contribution in [0.5, 0.6) is 5.88 Å². The van der Waals surface area contributed by atoms with E-state index < -0.39 is 4.92 Å². The van der Waals surface area contributed by atoms with Crippen LogP contribution in [0.2, 0.25) is 0 Å². The van der Waals surface area contributed by atoms with E-state index in [2.05, 4.69) is 15.2 Å². The molecule has 1 aromatic rings. The van der Waals surface area contributed by atoms with E-state index in [1.165, 1.54) is 19.2 Å². The minimum Gasteiger partial charge on any atom is -0.481 e. The summed E-state index contributed by atoms with van der Waals surface area (Å²) in [6.07, 6.45) is 2.30. The molecule has 0 spiro atoms. The van der Waals surface area contributed by atoms with E-state index in [9.17, 15) is 10.1 Å². The fourth-order valence-electron chi connectivity index (χ4n) is 3.11. The summed E-state index contributed by atoms with van der Waals surface area (Å²) in [7, 11) is 1.51. The van der Waals surface area contributed by atoms with Gasteiger partial charge in [-0.2, -0.15) is 4.98 Å². The monoisotopic (exact) mass is 278 g/mol. The first kappa shape index (κ1) is 13.1. The van der Waals surface area contributed by atoms with Crippen molar-refractivity contribution in [3.8, 4) is 5.88 Å². The Kier molecular flexibility index (Phi) is 3.43. The van der Waals surface area contributed by atoms with Crippen LogP contribution in [0, 0.1) is 16.0 Å². The molecule has 108 valence electrons. The molecule has 0 saturated carbocycles. The van der Waals surface area contributed by atoms with Crippen LogP contribution in [0.25, 0.3) is 0 Å². The number of nitrogens with zero attached hydrogens (tertiary/aromatic N) is 3. The third-order valence-corrected chi connectivity index (χ3v) is 4.23. The van der Waals surface area contributed by atoms with Crippen molar-refractivity contribution >= 4 is 11.5 Å². The first-order valence-electron chi connectivity index (χ1n) is 6.85. The average molecular weight is 278 g/mol. The zero-order valence-electron chi connectivity index (χ0n) is 11.4.